The summed E-state index contributed by atoms with van der Waals surface area (Å²) in [7, 11) is 0. The minimum Gasteiger partial charge on any atom is -0.506 e. The van der Waals surface area contributed by atoms with Crippen molar-refractivity contribution in [3.63, 3.8) is 0 Å². The molecule has 14 heteroatoms. The number of alkyl halides is 6. The first-order valence-corrected chi connectivity index (χ1v) is 19.9. The van der Waals surface area contributed by atoms with Gasteiger partial charge < -0.3 is 26.4 Å². The second kappa shape index (κ2) is 18.2. The Labute approximate surface area is 356 Å². The largest absolute Gasteiger partial charge is 0.506 e. The Kier molecular flexibility index (Phi) is 13.6. The van der Waals surface area contributed by atoms with Crippen LogP contribution in [0.5, 0.6) is 5.75 Å². The summed E-state index contributed by atoms with van der Waals surface area (Å²) in [5.74, 6) is -2.40. The van der Waals surface area contributed by atoms with Crippen molar-refractivity contribution >= 4 is 46.0 Å². The molecular weight excluding hydrogens is 811 g/mol. The van der Waals surface area contributed by atoms with Gasteiger partial charge in [0.05, 0.1) is 16.8 Å². The zero-order valence-corrected chi connectivity index (χ0v) is 35.1. The topological polar surface area (TPSA) is 120 Å². The van der Waals surface area contributed by atoms with Crippen molar-refractivity contribution < 1.29 is 45.8 Å². The van der Waals surface area contributed by atoms with E-state index in [0.29, 0.717) is 18.1 Å². The Morgan fingerprint density at radius 3 is 1.45 bits per heavy atom. The average Bonchev–Trinajstić information content (AvgIpc) is 3.23. The molecule has 0 aliphatic rings. The van der Waals surface area contributed by atoms with E-state index in [1.165, 1.54) is 48.5 Å². The fourth-order valence-corrected chi connectivity index (χ4v) is 6.65. The molecule has 326 valence electrons. The number of phenols is 1. The number of halogens is 6. The van der Waals surface area contributed by atoms with Gasteiger partial charge in [0.15, 0.2) is 0 Å². The predicted molar refractivity (Wildman–Crippen MR) is 232 cm³/mol. The molecule has 0 aliphatic carbocycles. The molecule has 0 saturated carbocycles. The molecule has 8 nitrogen and oxygen atoms in total. The summed E-state index contributed by atoms with van der Waals surface area (Å²) >= 11 is 0. The van der Waals surface area contributed by atoms with Crippen LogP contribution in [0.25, 0.3) is 16.7 Å². The molecule has 0 heterocycles. The van der Waals surface area contributed by atoms with Gasteiger partial charge in [0.1, 0.15) is 5.75 Å². The van der Waals surface area contributed by atoms with Gasteiger partial charge in [0.25, 0.3) is 17.7 Å². The van der Waals surface area contributed by atoms with Crippen LogP contribution in [0.15, 0.2) is 110 Å². The maximum Gasteiger partial charge on any atom is 0.417 e. The molecule has 0 spiro atoms. The van der Waals surface area contributed by atoms with E-state index in [0.717, 1.165) is 48.2 Å². The smallest absolute Gasteiger partial charge is 0.417 e. The molecule has 0 aromatic heterocycles. The highest BCUT2D eigenvalue weighted by molar-refractivity contribution is 6.10. The number of hydrogen-bond donors (Lipinski definition) is 5. The summed E-state index contributed by atoms with van der Waals surface area (Å²) in [6.07, 6.45) is -7.83. The van der Waals surface area contributed by atoms with E-state index in [1.807, 2.05) is 13.0 Å². The summed E-state index contributed by atoms with van der Waals surface area (Å²) in [5, 5.41) is 21.2. The van der Waals surface area contributed by atoms with E-state index in [-0.39, 0.29) is 45.0 Å². The lowest BCUT2D eigenvalue weighted by Gasteiger charge is -2.30. The van der Waals surface area contributed by atoms with Crippen LogP contribution in [-0.4, -0.2) is 28.4 Å². The number of amides is 3. The van der Waals surface area contributed by atoms with Gasteiger partial charge in [-0.1, -0.05) is 64.6 Å². The monoisotopic (exact) mass is 858 g/mol. The van der Waals surface area contributed by atoms with E-state index in [4.69, 9.17) is 0 Å². The molecule has 3 amide bonds. The molecule has 0 fully saturated rings. The normalized spacial score (nSPS) is 12.1. The van der Waals surface area contributed by atoms with Gasteiger partial charge in [-0.05, 0) is 134 Å². The second-order valence-electron chi connectivity index (χ2n) is 15.9. The molecule has 0 bridgehead atoms. The number of aromatic hydroxyl groups is 1. The number of allylic oxidation sites excluding steroid dienone is 1. The first-order valence-electron chi connectivity index (χ1n) is 19.9. The SMILES string of the molecule is C=C(c1cccc(C(=O)Nc2cc(NC(=O)c3cccc(C(=O)Nc4ccc(-c5ccc(NC(C)(C)CC)cc5C(F)(F)F)c(C(F)(F)F)c4)c3)ccc2O)c1)C(C)(CC)CC. The van der Waals surface area contributed by atoms with Crippen LogP contribution < -0.4 is 21.3 Å². The zero-order chi connectivity index (χ0) is 45.8. The maximum absolute atomic E-state index is 14.5. The number of carbonyl (C=O) groups excluding carboxylic acids is 3. The number of rotatable bonds is 14. The van der Waals surface area contributed by atoms with E-state index < -0.39 is 57.9 Å². The molecule has 0 atom stereocenters. The predicted octanol–water partition coefficient (Wildman–Crippen LogP) is 13.3. The summed E-state index contributed by atoms with van der Waals surface area (Å²) in [6, 6.07) is 21.8. The molecule has 5 N–H and O–H groups in total. The fraction of sp³-hybridized carbons (Fsp3) is 0.271. The summed E-state index contributed by atoms with van der Waals surface area (Å²) in [6.45, 7) is 15.9. The third-order valence-electron chi connectivity index (χ3n) is 11.2. The highest BCUT2D eigenvalue weighted by atomic mass is 19.4. The highest BCUT2D eigenvalue weighted by Crippen LogP contribution is 2.45. The van der Waals surface area contributed by atoms with Gasteiger partial charge in [-0.15, -0.1) is 0 Å². The van der Waals surface area contributed by atoms with Gasteiger partial charge in [0.2, 0.25) is 0 Å². The third-order valence-corrected chi connectivity index (χ3v) is 11.2. The molecule has 5 aromatic rings. The van der Waals surface area contributed by atoms with E-state index in [2.05, 4.69) is 48.6 Å². The Bertz CT molecular complexity index is 2510. The molecule has 5 aromatic carbocycles. The lowest BCUT2D eigenvalue weighted by molar-refractivity contribution is -0.139. The molecule has 62 heavy (non-hydrogen) atoms. The fourth-order valence-electron chi connectivity index (χ4n) is 6.65. The van der Waals surface area contributed by atoms with Gasteiger partial charge in [-0.25, -0.2) is 0 Å². The molecule has 0 radical (unpaired) electrons. The van der Waals surface area contributed by atoms with Crippen molar-refractivity contribution in [3.8, 4) is 16.9 Å². The van der Waals surface area contributed by atoms with E-state index in [1.54, 1.807) is 32.0 Å². The van der Waals surface area contributed by atoms with Crippen LogP contribution >= 0.6 is 0 Å². The van der Waals surface area contributed by atoms with Crippen LogP contribution in [0, 0.1) is 5.41 Å². The lowest BCUT2D eigenvalue weighted by atomic mass is 9.75. The summed E-state index contributed by atoms with van der Waals surface area (Å²) in [5.41, 5.74) is -3.06. The molecule has 5 rings (SSSR count). The molecule has 0 saturated heterocycles. The Morgan fingerprint density at radius 1 is 0.548 bits per heavy atom. The number of nitrogens with one attached hydrogen (secondary N) is 4. The van der Waals surface area contributed by atoms with E-state index in [9.17, 15) is 45.8 Å². The quantitative estimate of drug-likeness (QED) is 0.0433. The maximum atomic E-state index is 14.5. The minimum atomic E-state index is -5.11. The number of benzene rings is 5. The van der Waals surface area contributed by atoms with Gasteiger partial charge in [-0.2, -0.15) is 26.3 Å². The average molecular weight is 859 g/mol. The minimum absolute atomic E-state index is 0.000950. The number of anilines is 4. The van der Waals surface area contributed by atoms with Gasteiger partial charge >= 0.3 is 12.4 Å². The zero-order valence-electron chi connectivity index (χ0n) is 35.1. The first-order chi connectivity index (χ1) is 29.0. The number of carbonyl (C=O) groups is 3. The second-order valence-corrected chi connectivity index (χ2v) is 15.9. The van der Waals surface area contributed by atoms with Crippen LogP contribution in [0.1, 0.15) is 109 Å². The van der Waals surface area contributed by atoms with Crippen molar-refractivity contribution in [1.29, 1.82) is 0 Å². The number of hydrogen-bond acceptors (Lipinski definition) is 5. The van der Waals surface area contributed by atoms with Crippen molar-refractivity contribution in [3.05, 3.63) is 143 Å². The molecule has 0 unspecified atom stereocenters. The van der Waals surface area contributed by atoms with Crippen molar-refractivity contribution in [2.24, 2.45) is 5.41 Å². The standard InChI is InChI=1S/C48H48F6N4O4/c1-8-45(5,6)58-35-18-21-37(39(26-35)48(52,53)54)36-20-17-33(25-38(36)47(49,50)51)55-42(60)31-15-12-16-32(24-31)43(61)56-34-19-22-41(59)40(27-34)57-44(62)30-14-11-13-29(23-30)28(4)46(7,9-2)10-3/h11-27,58-59H,4,8-10H2,1-3,5-7H3,(H,55,60)(H,56,61)(H,57,62). The van der Waals surface area contributed by atoms with Crippen molar-refractivity contribution in [1.82, 2.24) is 0 Å². The molecular formula is C48H48F6N4O4. The highest BCUT2D eigenvalue weighted by Gasteiger charge is 2.39. The van der Waals surface area contributed by atoms with Gasteiger partial charge in [-0.3, -0.25) is 14.4 Å². The van der Waals surface area contributed by atoms with Crippen molar-refractivity contribution in [2.45, 2.75) is 78.7 Å². The Hall–Kier alpha value is -6.57. The number of phenolic OH excluding ortho intramolecular Hbond substituents is 1. The first kappa shape index (κ1) is 46.5. The van der Waals surface area contributed by atoms with Crippen LogP contribution in [0.3, 0.4) is 0 Å². The summed E-state index contributed by atoms with van der Waals surface area (Å²) < 4.78 is 86.3. The van der Waals surface area contributed by atoms with Crippen LogP contribution in [0.2, 0.25) is 0 Å². The van der Waals surface area contributed by atoms with Gasteiger partial charge in [0, 0.05) is 39.3 Å². The van der Waals surface area contributed by atoms with Crippen LogP contribution in [-0.2, 0) is 12.4 Å². The Morgan fingerprint density at radius 2 is 0.968 bits per heavy atom. The third kappa shape index (κ3) is 10.8. The lowest BCUT2D eigenvalue weighted by Crippen LogP contribution is -2.29. The van der Waals surface area contributed by atoms with Crippen LogP contribution in [0.4, 0.5) is 49.1 Å². The Balaban J connectivity index is 1.33. The van der Waals surface area contributed by atoms with E-state index >= 15 is 0 Å². The molecule has 0 aliphatic heterocycles. The summed E-state index contributed by atoms with van der Waals surface area (Å²) in [4.78, 5) is 39.9. The van der Waals surface area contributed by atoms with Crippen molar-refractivity contribution in [2.75, 3.05) is 21.3 Å².